The van der Waals surface area contributed by atoms with Gasteiger partial charge in [0, 0.05) is 18.8 Å². The number of nitrogens with one attached hydrogen (secondary N) is 2. The summed E-state index contributed by atoms with van der Waals surface area (Å²) in [5, 5.41) is 15.0. The van der Waals surface area contributed by atoms with E-state index in [2.05, 4.69) is 10.6 Å². The van der Waals surface area contributed by atoms with Gasteiger partial charge in [-0.05, 0) is 43.5 Å². The molecule has 19 heavy (non-hydrogen) atoms. The average molecular weight is 285 g/mol. The van der Waals surface area contributed by atoms with Crippen molar-refractivity contribution < 1.29 is 9.90 Å². The highest BCUT2D eigenvalue weighted by Crippen LogP contribution is 2.15. The third-order valence-corrected chi connectivity index (χ3v) is 3.29. The summed E-state index contributed by atoms with van der Waals surface area (Å²) >= 11 is 0. The maximum absolute atomic E-state index is 12.0. The van der Waals surface area contributed by atoms with Crippen molar-refractivity contribution in [2.75, 3.05) is 25.0 Å². The van der Waals surface area contributed by atoms with Gasteiger partial charge in [-0.1, -0.05) is 12.1 Å². The minimum atomic E-state index is 0. The van der Waals surface area contributed by atoms with E-state index in [1.165, 1.54) is 0 Å². The molecule has 4 nitrogen and oxygen atoms in total. The first kappa shape index (κ1) is 16.0. The summed E-state index contributed by atoms with van der Waals surface area (Å²) in [6.07, 6.45) is 2.68. The van der Waals surface area contributed by atoms with Gasteiger partial charge >= 0.3 is 0 Å². The molecule has 106 valence electrons. The van der Waals surface area contributed by atoms with Crippen LogP contribution in [0.4, 0.5) is 5.69 Å². The second-order valence-electron chi connectivity index (χ2n) is 4.70. The number of hydrogen-bond donors (Lipinski definition) is 3. The molecule has 0 aromatic heterocycles. The third kappa shape index (κ3) is 4.82. The van der Waals surface area contributed by atoms with Crippen LogP contribution < -0.4 is 10.6 Å². The molecule has 5 heteroatoms. The fraction of sp³-hybridized carbons (Fsp3) is 0.500. The van der Waals surface area contributed by atoms with Gasteiger partial charge in [0.25, 0.3) is 0 Å². The molecule has 1 aromatic rings. The fourth-order valence-corrected chi connectivity index (χ4v) is 2.20. The van der Waals surface area contributed by atoms with Crippen molar-refractivity contribution in [3.63, 3.8) is 0 Å². The molecule has 1 aliphatic heterocycles. The molecule has 0 bridgehead atoms. The highest BCUT2D eigenvalue weighted by molar-refractivity contribution is 5.92. The molecule has 0 aliphatic carbocycles. The summed E-state index contributed by atoms with van der Waals surface area (Å²) in [4.78, 5) is 12.0. The van der Waals surface area contributed by atoms with E-state index in [9.17, 15) is 4.79 Å². The molecule has 0 unspecified atom stereocenters. The number of benzene rings is 1. The zero-order valence-corrected chi connectivity index (χ0v) is 11.7. The number of piperidine rings is 1. The number of amides is 1. The van der Waals surface area contributed by atoms with E-state index in [0.29, 0.717) is 6.42 Å². The van der Waals surface area contributed by atoms with Gasteiger partial charge in [-0.3, -0.25) is 4.79 Å². The third-order valence-electron chi connectivity index (χ3n) is 3.29. The molecule has 1 aliphatic rings. The number of anilines is 1. The lowest BCUT2D eigenvalue weighted by atomic mass is 9.99. The van der Waals surface area contributed by atoms with Crippen LogP contribution in [0.25, 0.3) is 0 Å². The molecule has 0 radical (unpaired) electrons. The summed E-state index contributed by atoms with van der Waals surface area (Å²) in [7, 11) is 0. The van der Waals surface area contributed by atoms with Gasteiger partial charge in [0.1, 0.15) is 0 Å². The van der Waals surface area contributed by atoms with E-state index in [-0.39, 0.29) is 30.8 Å². The second-order valence-corrected chi connectivity index (χ2v) is 4.70. The molecule has 2 rings (SSSR count). The van der Waals surface area contributed by atoms with Crippen molar-refractivity contribution in [3.8, 4) is 0 Å². The van der Waals surface area contributed by atoms with Gasteiger partial charge < -0.3 is 15.7 Å². The smallest absolute Gasteiger partial charge is 0.228 e. The molecule has 0 saturated carbocycles. The monoisotopic (exact) mass is 284 g/mol. The van der Waals surface area contributed by atoms with E-state index in [1.54, 1.807) is 0 Å². The second kappa shape index (κ2) is 8.15. The van der Waals surface area contributed by atoms with Crippen molar-refractivity contribution in [1.29, 1.82) is 0 Å². The van der Waals surface area contributed by atoms with Crippen LogP contribution in [-0.4, -0.2) is 30.7 Å². The Morgan fingerprint density at radius 3 is 2.68 bits per heavy atom. The number of carbonyl (C=O) groups excluding carboxylic acids is 1. The maximum atomic E-state index is 12.0. The van der Waals surface area contributed by atoms with Crippen LogP contribution in [0.15, 0.2) is 24.3 Å². The number of halogens is 1. The molecular weight excluding hydrogens is 264 g/mol. The van der Waals surface area contributed by atoms with Crippen LogP contribution in [0, 0.1) is 5.92 Å². The molecule has 3 N–H and O–H groups in total. The van der Waals surface area contributed by atoms with E-state index in [4.69, 9.17) is 5.11 Å². The van der Waals surface area contributed by atoms with Crippen molar-refractivity contribution in [1.82, 2.24) is 5.32 Å². The Hall–Kier alpha value is -1.10. The van der Waals surface area contributed by atoms with Crippen molar-refractivity contribution >= 4 is 24.0 Å². The first-order chi connectivity index (χ1) is 8.79. The lowest BCUT2D eigenvalue weighted by Crippen LogP contribution is -2.37. The summed E-state index contributed by atoms with van der Waals surface area (Å²) in [6.45, 7) is 1.94. The topological polar surface area (TPSA) is 61.4 Å². The van der Waals surface area contributed by atoms with Crippen LogP contribution in [0.3, 0.4) is 0 Å². The van der Waals surface area contributed by atoms with Gasteiger partial charge in [0.2, 0.25) is 5.91 Å². The molecule has 1 saturated heterocycles. The van der Waals surface area contributed by atoms with Gasteiger partial charge in [-0.2, -0.15) is 0 Å². The zero-order chi connectivity index (χ0) is 12.8. The number of rotatable bonds is 4. The number of aliphatic hydroxyl groups excluding tert-OH is 1. The highest BCUT2D eigenvalue weighted by Gasteiger charge is 2.20. The van der Waals surface area contributed by atoms with Gasteiger partial charge in [0.05, 0.1) is 5.92 Å². The molecule has 1 fully saturated rings. The molecule has 1 aromatic carbocycles. The first-order valence-corrected chi connectivity index (χ1v) is 6.51. The van der Waals surface area contributed by atoms with Gasteiger partial charge in [-0.25, -0.2) is 0 Å². The predicted molar refractivity (Wildman–Crippen MR) is 78.7 cm³/mol. The van der Waals surface area contributed by atoms with Crippen LogP contribution in [0.1, 0.15) is 18.4 Å². The minimum Gasteiger partial charge on any atom is -0.396 e. The quantitative estimate of drug-likeness (QED) is 0.787. The summed E-state index contributed by atoms with van der Waals surface area (Å²) in [5.41, 5.74) is 1.90. The van der Waals surface area contributed by atoms with Crippen LogP contribution in [0.2, 0.25) is 0 Å². The number of hydrogen-bond acceptors (Lipinski definition) is 3. The Balaban J connectivity index is 0.00000180. The Morgan fingerprint density at radius 2 is 2.11 bits per heavy atom. The molecule has 1 atom stereocenters. The molecule has 0 spiro atoms. The van der Waals surface area contributed by atoms with E-state index in [1.807, 2.05) is 24.3 Å². The predicted octanol–water partition coefficient (Wildman–Crippen LogP) is 1.58. The lowest BCUT2D eigenvalue weighted by Gasteiger charge is -2.21. The van der Waals surface area contributed by atoms with Crippen molar-refractivity contribution in [2.45, 2.75) is 19.3 Å². The normalized spacial score (nSPS) is 18.5. The van der Waals surface area contributed by atoms with Crippen molar-refractivity contribution in [3.05, 3.63) is 29.8 Å². The molecule has 1 amide bonds. The highest BCUT2D eigenvalue weighted by atomic mass is 35.5. The average Bonchev–Trinajstić information content (AvgIpc) is 2.42. The van der Waals surface area contributed by atoms with Crippen LogP contribution >= 0.6 is 12.4 Å². The number of carbonyl (C=O) groups is 1. The Morgan fingerprint density at radius 1 is 1.37 bits per heavy atom. The molecule has 1 heterocycles. The number of aliphatic hydroxyl groups is 1. The first-order valence-electron chi connectivity index (χ1n) is 6.51. The van der Waals surface area contributed by atoms with E-state index >= 15 is 0 Å². The van der Waals surface area contributed by atoms with Crippen LogP contribution in [-0.2, 0) is 11.2 Å². The van der Waals surface area contributed by atoms with E-state index in [0.717, 1.165) is 37.2 Å². The minimum absolute atomic E-state index is 0. The summed E-state index contributed by atoms with van der Waals surface area (Å²) < 4.78 is 0. The maximum Gasteiger partial charge on any atom is 0.228 e. The van der Waals surface area contributed by atoms with Crippen LogP contribution in [0.5, 0.6) is 0 Å². The van der Waals surface area contributed by atoms with Gasteiger partial charge in [0.15, 0.2) is 0 Å². The standard InChI is InChI=1S/C14H20N2O2.ClH/c17-9-7-11-3-5-13(6-4-11)16-14(18)12-2-1-8-15-10-12;/h3-6,12,15,17H,1-2,7-10H2,(H,16,18);1H/t12-;/m1./s1. The lowest BCUT2D eigenvalue weighted by molar-refractivity contribution is -0.120. The van der Waals surface area contributed by atoms with Gasteiger partial charge in [-0.15, -0.1) is 12.4 Å². The Kier molecular flexibility index (Phi) is 6.84. The van der Waals surface area contributed by atoms with Crippen molar-refractivity contribution in [2.24, 2.45) is 5.92 Å². The largest absolute Gasteiger partial charge is 0.396 e. The zero-order valence-electron chi connectivity index (χ0n) is 10.9. The Bertz CT molecular complexity index is 389. The Labute approximate surface area is 120 Å². The fourth-order valence-electron chi connectivity index (χ4n) is 2.20. The summed E-state index contributed by atoms with van der Waals surface area (Å²) in [5.74, 6) is 0.174. The summed E-state index contributed by atoms with van der Waals surface area (Å²) in [6, 6.07) is 7.65. The molecular formula is C14H21ClN2O2. The van der Waals surface area contributed by atoms with E-state index < -0.39 is 0 Å². The SMILES string of the molecule is Cl.O=C(Nc1ccc(CCO)cc1)[C@@H]1CCCNC1.